The van der Waals surface area contributed by atoms with Crippen molar-refractivity contribution >= 4 is 15.8 Å². The van der Waals surface area contributed by atoms with Gasteiger partial charge in [0, 0.05) is 12.7 Å². The van der Waals surface area contributed by atoms with E-state index in [9.17, 15) is 8.42 Å². The second-order valence-electron chi connectivity index (χ2n) is 2.82. The SMILES string of the molecule is CCCNc1ncccc1S(N)(=O)=O. The van der Waals surface area contributed by atoms with Crippen molar-refractivity contribution in [2.24, 2.45) is 5.14 Å². The number of sulfonamides is 1. The molecule has 0 aliphatic rings. The van der Waals surface area contributed by atoms with Crippen LogP contribution >= 0.6 is 0 Å². The number of hydrogen-bond donors (Lipinski definition) is 2. The van der Waals surface area contributed by atoms with Gasteiger partial charge in [-0.25, -0.2) is 18.5 Å². The molecule has 0 fully saturated rings. The third-order valence-corrected chi connectivity index (χ3v) is 2.56. The fourth-order valence-corrected chi connectivity index (χ4v) is 1.66. The fraction of sp³-hybridized carbons (Fsp3) is 0.375. The molecule has 0 atom stereocenters. The average Bonchev–Trinajstić information content (AvgIpc) is 2.14. The Morgan fingerprint density at radius 2 is 2.29 bits per heavy atom. The molecular weight excluding hydrogens is 202 g/mol. The lowest BCUT2D eigenvalue weighted by Gasteiger charge is -2.07. The van der Waals surface area contributed by atoms with E-state index < -0.39 is 10.0 Å². The van der Waals surface area contributed by atoms with Gasteiger partial charge in [-0.1, -0.05) is 6.92 Å². The van der Waals surface area contributed by atoms with Gasteiger partial charge in [-0.3, -0.25) is 0 Å². The molecule has 0 aliphatic carbocycles. The molecule has 1 heterocycles. The van der Waals surface area contributed by atoms with Crippen LogP contribution in [-0.2, 0) is 10.0 Å². The van der Waals surface area contributed by atoms with Gasteiger partial charge >= 0.3 is 0 Å². The van der Waals surface area contributed by atoms with Crippen LogP contribution < -0.4 is 10.5 Å². The molecule has 0 amide bonds. The van der Waals surface area contributed by atoms with E-state index in [0.717, 1.165) is 6.42 Å². The third-order valence-electron chi connectivity index (χ3n) is 1.62. The van der Waals surface area contributed by atoms with Crippen LogP contribution in [0, 0.1) is 0 Å². The minimum atomic E-state index is -3.69. The molecule has 14 heavy (non-hydrogen) atoms. The summed E-state index contributed by atoms with van der Waals surface area (Å²) in [5, 5.41) is 7.92. The molecule has 0 spiro atoms. The van der Waals surface area contributed by atoms with Crippen molar-refractivity contribution in [1.29, 1.82) is 0 Å². The molecule has 1 aromatic rings. The van der Waals surface area contributed by atoms with Crippen molar-refractivity contribution in [1.82, 2.24) is 4.98 Å². The Labute approximate surface area is 83.4 Å². The van der Waals surface area contributed by atoms with Crippen LogP contribution in [0.3, 0.4) is 0 Å². The predicted molar refractivity (Wildman–Crippen MR) is 54.4 cm³/mol. The normalized spacial score (nSPS) is 11.3. The number of nitrogens with zero attached hydrogens (tertiary/aromatic N) is 1. The number of nitrogens with one attached hydrogen (secondary N) is 1. The van der Waals surface area contributed by atoms with Gasteiger partial charge in [0.1, 0.15) is 10.7 Å². The Morgan fingerprint density at radius 1 is 1.57 bits per heavy atom. The van der Waals surface area contributed by atoms with Crippen LogP contribution in [0.1, 0.15) is 13.3 Å². The van der Waals surface area contributed by atoms with Gasteiger partial charge in [0.2, 0.25) is 10.0 Å². The van der Waals surface area contributed by atoms with E-state index in [0.29, 0.717) is 12.4 Å². The number of primary sulfonamides is 1. The monoisotopic (exact) mass is 215 g/mol. The van der Waals surface area contributed by atoms with Crippen LogP contribution in [0.4, 0.5) is 5.82 Å². The number of hydrogen-bond acceptors (Lipinski definition) is 4. The molecule has 3 N–H and O–H groups in total. The summed E-state index contributed by atoms with van der Waals surface area (Å²) in [7, 11) is -3.69. The lowest BCUT2D eigenvalue weighted by Crippen LogP contribution is -2.16. The molecular formula is C8H13N3O2S. The van der Waals surface area contributed by atoms with E-state index in [1.54, 1.807) is 0 Å². The molecule has 0 radical (unpaired) electrons. The van der Waals surface area contributed by atoms with E-state index >= 15 is 0 Å². The highest BCUT2D eigenvalue weighted by Crippen LogP contribution is 2.15. The van der Waals surface area contributed by atoms with E-state index in [1.165, 1.54) is 18.3 Å². The first-order chi connectivity index (χ1) is 6.55. The summed E-state index contributed by atoms with van der Waals surface area (Å²) >= 11 is 0. The molecule has 0 saturated carbocycles. The molecule has 6 heteroatoms. The van der Waals surface area contributed by atoms with Crippen molar-refractivity contribution < 1.29 is 8.42 Å². The quantitative estimate of drug-likeness (QED) is 0.768. The zero-order chi connectivity index (χ0) is 10.6. The summed E-state index contributed by atoms with van der Waals surface area (Å²) in [5.74, 6) is 0.317. The highest BCUT2D eigenvalue weighted by Gasteiger charge is 2.13. The average molecular weight is 215 g/mol. The summed E-state index contributed by atoms with van der Waals surface area (Å²) in [6.45, 7) is 2.64. The van der Waals surface area contributed by atoms with Crippen LogP contribution in [0.5, 0.6) is 0 Å². The maximum Gasteiger partial charge on any atom is 0.241 e. The molecule has 0 saturated heterocycles. The van der Waals surface area contributed by atoms with E-state index in [2.05, 4.69) is 10.3 Å². The van der Waals surface area contributed by atoms with Gasteiger partial charge in [0.05, 0.1) is 0 Å². The Morgan fingerprint density at radius 3 is 2.86 bits per heavy atom. The minimum Gasteiger partial charge on any atom is -0.369 e. The lowest BCUT2D eigenvalue weighted by molar-refractivity contribution is 0.597. The van der Waals surface area contributed by atoms with Crippen LogP contribution in [0.25, 0.3) is 0 Å². The van der Waals surface area contributed by atoms with Crippen molar-refractivity contribution in [3.8, 4) is 0 Å². The van der Waals surface area contributed by atoms with E-state index in [-0.39, 0.29) is 4.90 Å². The molecule has 1 rings (SSSR count). The van der Waals surface area contributed by atoms with Crippen LogP contribution in [0.15, 0.2) is 23.2 Å². The summed E-state index contributed by atoms with van der Waals surface area (Å²) in [4.78, 5) is 3.95. The number of nitrogens with two attached hydrogens (primary N) is 1. The summed E-state index contributed by atoms with van der Waals surface area (Å²) < 4.78 is 22.2. The van der Waals surface area contributed by atoms with E-state index in [1.807, 2.05) is 6.92 Å². The lowest BCUT2D eigenvalue weighted by atomic mass is 10.4. The number of aromatic nitrogens is 1. The van der Waals surface area contributed by atoms with E-state index in [4.69, 9.17) is 5.14 Å². The fourth-order valence-electron chi connectivity index (χ4n) is 0.996. The highest BCUT2D eigenvalue weighted by molar-refractivity contribution is 7.89. The maximum atomic E-state index is 11.1. The zero-order valence-electron chi connectivity index (χ0n) is 7.90. The summed E-state index contributed by atoms with van der Waals surface area (Å²) in [6, 6.07) is 2.97. The largest absolute Gasteiger partial charge is 0.369 e. The van der Waals surface area contributed by atoms with Gasteiger partial charge in [-0.15, -0.1) is 0 Å². The molecule has 0 aromatic carbocycles. The van der Waals surface area contributed by atoms with Gasteiger partial charge in [-0.2, -0.15) is 0 Å². The molecule has 1 aromatic heterocycles. The standard InChI is InChI=1S/C8H13N3O2S/c1-2-5-10-8-7(14(9,12)13)4-3-6-11-8/h3-4,6H,2,5H2,1H3,(H,10,11)(H2,9,12,13). The Hall–Kier alpha value is -1.14. The van der Waals surface area contributed by atoms with Gasteiger partial charge in [-0.05, 0) is 18.6 Å². The van der Waals surface area contributed by atoms with Gasteiger partial charge in [0.25, 0.3) is 0 Å². The van der Waals surface area contributed by atoms with Gasteiger partial charge in [0.15, 0.2) is 0 Å². The molecule has 0 unspecified atom stereocenters. The molecule has 0 aliphatic heterocycles. The first-order valence-electron chi connectivity index (χ1n) is 4.27. The summed E-state index contributed by atoms with van der Waals surface area (Å²) in [6.07, 6.45) is 2.41. The van der Waals surface area contributed by atoms with Crippen molar-refractivity contribution in [3.05, 3.63) is 18.3 Å². The smallest absolute Gasteiger partial charge is 0.241 e. The summed E-state index contributed by atoms with van der Waals surface area (Å²) in [5.41, 5.74) is 0. The van der Waals surface area contributed by atoms with Crippen LogP contribution in [0.2, 0.25) is 0 Å². The second kappa shape index (κ2) is 4.39. The van der Waals surface area contributed by atoms with Crippen molar-refractivity contribution in [2.45, 2.75) is 18.2 Å². The van der Waals surface area contributed by atoms with Crippen molar-refractivity contribution in [3.63, 3.8) is 0 Å². The zero-order valence-corrected chi connectivity index (χ0v) is 8.71. The second-order valence-corrected chi connectivity index (χ2v) is 4.35. The highest BCUT2D eigenvalue weighted by atomic mass is 32.2. The van der Waals surface area contributed by atoms with Crippen molar-refractivity contribution in [2.75, 3.05) is 11.9 Å². The molecule has 78 valence electrons. The third kappa shape index (κ3) is 2.68. The molecule has 5 nitrogen and oxygen atoms in total. The number of anilines is 1. The Bertz CT molecular complexity index is 403. The topological polar surface area (TPSA) is 85.1 Å². The predicted octanol–water partition coefficient (Wildman–Crippen LogP) is 0.551. The van der Waals surface area contributed by atoms with Crippen LogP contribution in [-0.4, -0.2) is 19.9 Å². The Balaban J connectivity index is 3.04. The maximum absolute atomic E-state index is 11.1. The Kier molecular flexibility index (Phi) is 3.43. The first-order valence-corrected chi connectivity index (χ1v) is 5.82. The minimum absolute atomic E-state index is 0.0356. The number of rotatable bonds is 4. The van der Waals surface area contributed by atoms with Gasteiger partial charge < -0.3 is 5.32 Å². The first kappa shape index (κ1) is 10.9. The number of pyridine rings is 1. The molecule has 0 bridgehead atoms.